The van der Waals surface area contributed by atoms with E-state index in [1.165, 1.54) is 0 Å². The number of aryl methyl sites for hydroxylation is 1. The molecule has 3 aromatic heterocycles. The van der Waals surface area contributed by atoms with Gasteiger partial charge < -0.3 is 16.0 Å². The average Bonchev–Trinajstić information content (AvgIpc) is 3.22. The van der Waals surface area contributed by atoms with E-state index in [1.54, 1.807) is 10.9 Å². The molecule has 1 unspecified atom stereocenters. The molecule has 0 aromatic carbocycles. The van der Waals surface area contributed by atoms with Crippen molar-refractivity contribution in [2.24, 2.45) is 7.05 Å². The van der Waals surface area contributed by atoms with Crippen LogP contribution in [-0.4, -0.2) is 46.4 Å². The van der Waals surface area contributed by atoms with E-state index in [9.17, 15) is 0 Å². The van der Waals surface area contributed by atoms with E-state index < -0.39 is 0 Å². The summed E-state index contributed by atoms with van der Waals surface area (Å²) in [6.45, 7) is 4.72. The lowest BCUT2D eigenvalue weighted by molar-refractivity contribution is 0.594. The summed E-state index contributed by atoms with van der Waals surface area (Å²) in [4.78, 5) is 8.88. The summed E-state index contributed by atoms with van der Waals surface area (Å²) >= 11 is 0. The molecule has 0 aliphatic heterocycles. The van der Waals surface area contributed by atoms with Crippen LogP contribution in [0.3, 0.4) is 0 Å². The number of nitrogens with one attached hydrogen (secondary N) is 3. The van der Waals surface area contributed by atoms with Crippen molar-refractivity contribution < 1.29 is 0 Å². The van der Waals surface area contributed by atoms with Crippen LogP contribution in [0.5, 0.6) is 0 Å². The quantitative estimate of drug-likeness (QED) is 0.446. The molecule has 0 saturated heterocycles. The normalized spacial score (nSPS) is 11.7. The fraction of sp³-hybridized carbons (Fsp3) is 0.364. The summed E-state index contributed by atoms with van der Waals surface area (Å²) in [7, 11) is 3.78. The Balaban J connectivity index is 1.45. The zero-order valence-electron chi connectivity index (χ0n) is 17.7. The van der Waals surface area contributed by atoms with Gasteiger partial charge in [-0.05, 0) is 31.2 Å². The maximum absolute atomic E-state index is 8.86. The molecule has 0 aliphatic carbocycles. The molecule has 3 heterocycles. The van der Waals surface area contributed by atoms with Crippen LogP contribution in [0.4, 0.5) is 11.5 Å². The van der Waals surface area contributed by atoms with Crippen molar-refractivity contribution in [2.45, 2.75) is 19.3 Å². The second-order valence-corrected chi connectivity index (χ2v) is 7.24. The van der Waals surface area contributed by atoms with Crippen molar-refractivity contribution in [2.75, 3.05) is 37.3 Å². The van der Waals surface area contributed by atoms with Crippen molar-refractivity contribution in [1.29, 1.82) is 5.26 Å². The Morgan fingerprint density at radius 1 is 1.13 bits per heavy atom. The lowest BCUT2D eigenvalue weighted by Gasteiger charge is -2.14. The standard InChI is InChI=1S/C22H28N8/c1-16(20-6-5-17(10-23)12-27-20)11-25-7-4-8-26-21-9-18(13-28-22(21)24-2)19-14-29-30(3)15-19/h5-6,9,12-16,25-26H,4,7-8,11H2,1-3H3,(H,24,28). The van der Waals surface area contributed by atoms with Crippen LogP contribution in [0, 0.1) is 11.3 Å². The molecule has 8 nitrogen and oxygen atoms in total. The molecular weight excluding hydrogens is 376 g/mol. The minimum Gasteiger partial charge on any atom is -0.382 e. The average molecular weight is 405 g/mol. The first-order chi connectivity index (χ1) is 14.6. The van der Waals surface area contributed by atoms with Gasteiger partial charge in [-0.1, -0.05) is 6.92 Å². The van der Waals surface area contributed by atoms with Gasteiger partial charge in [-0.2, -0.15) is 10.4 Å². The summed E-state index contributed by atoms with van der Waals surface area (Å²) < 4.78 is 1.79. The lowest BCUT2D eigenvalue weighted by atomic mass is 10.1. The first kappa shape index (κ1) is 21.3. The molecule has 0 radical (unpaired) electrons. The Labute approximate surface area is 177 Å². The molecule has 156 valence electrons. The molecule has 0 saturated carbocycles. The Bertz CT molecular complexity index is 987. The molecule has 1 atom stereocenters. The summed E-state index contributed by atoms with van der Waals surface area (Å²) in [6, 6.07) is 7.94. The van der Waals surface area contributed by atoms with Crippen LogP contribution >= 0.6 is 0 Å². The van der Waals surface area contributed by atoms with Gasteiger partial charge in [0.1, 0.15) is 11.9 Å². The molecule has 0 aliphatic rings. The van der Waals surface area contributed by atoms with Gasteiger partial charge in [-0.25, -0.2) is 4.98 Å². The van der Waals surface area contributed by atoms with Crippen LogP contribution < -0.4 is 16.0 Å². The van der Waals surface area contributed by atoms with Crippen molar-refractivity contribution in [1.82, 2.24) is 25.1 Å². The van der Waals surface area contributed by atoms with E-state index in [-0.39, 0.29) is 0 Å². The molecule has 3 rings (SSSR count). The largest absolute Gasteiger partial charge is 0.382 e. The lowest BCUT2D eigenvalue weighted by Crippen LogP contribution is -2.23. The summed E-state index contributed by atoms with van der Waals surface area (Å²) in [6.07, 6.45) is 8.28. The smallest absolute Gasteiger partial charge is 0.149 e. The molecule has 0 amide bonds. The summed E-state index contributed by atoms with van der Waals surface area (Å²) in [5, 5.41) is 23.2. The number of nitrogens with zero attached hydrogens (tertiary/aromatic N) is 5. The Hall–Kier alpha value is -3.44. The minimum atomic E-state index is 0.293. The molecule has 3 N–H and O–H groups in total. The van der Waals surface area contributed by atoms with Crippen LogP contribution in [0.2, 0.25) is 0 Å². The highest BCUT2D eigenvalue weighted by molar-refractivity contribution is 5.73. The zero-order valence-corrected chi connectivity index (χ0v) is 17.7. The number of aromatic nitrogens is 4. The van der Waals surface area contributed by atoms with Gasteiger partial charge in [0.05, 0.1) is 17.4 Å². The van der Waals surface area contributed by atoms with Gasteiger partial charge in [0.25, 0.3) is 0 Å². The van der Waals surface area contributed by atoms with Crippen molar-refractivity contribution in [3.05, 3.63) is 54.2 Å². The molecule has 0 spiro atoms. The second-order valence-electron chi connectivity index (χ2n) is 7.24. The highest BCUT2D eigenvalue weighted by Crippen LogP contribution is 2.26. The number of hydrogen-bond donors (Lipinski definition) is 3. The fourth-order valence-corrected chi connectivity index (χ4v) is 3.15. The number of nitriles is 1. The molecule has 3 aromatic rings. The minimum absolute atomic E-state index is 0.293. The van der Waals surface area contributed by atoms with Crippen LogP contribution in [0.25, 0.3) is 11.1 Å². The number of hydrogen-bond acceptors (Lipinski definition) is 7. The maximum atomic E-state index is 8.86. The Morgan fingerprint density at radius 3 is 2.67 bits per heavy atom. The fourth-order valence-electron chi connectivity index (χ4n) is 3.15. The van der Waals surface area contributed by atoms with Crippen molar-refractivity contribution in [3.8, 4) is 17.2 Å². The molecular formula is C22H28N8. The van der Waals surface area contributed by atoms with Crippen LogP contribution in [0.1, 0.15) is 30.5 Å². The van der Waals surface area contributed by atoms with E-state index in [1.807, 2.05) is 44.8 Å². The van der Waals surface area contributed by atoms with Crippen LogP contribution in [0.15, 0.2) is 43.0 Å². The first-order valence-corrected chi connectivity index (χ1v) is 10.1. The third-order valence-electron chi connectivity index (χ3n) is 4.88. The maximum Gasteiger partial charge on any atom is 0.149 e. The van der Waals surface area contributed by atoms with Crippen molar-refractivity contribution >= 4 is 11.5 Å². The number of pyridine rings is 2. The first-order valence-electron chi connectivity index (χ1n) is 10.1. The van der Waals surface area contributed by atoms with Crippen LogP contribution in [-0.2, 0) is 7.05 Å². The van der Waals surface area contributed by atoms with Gasteiger partial charge in [0.2, 0.25) is 0 Å². The molecule has 30 heavy (non-hydrogen) atoms. The van der Waals surface area contributed by atoms with Gasteiger partial charge in [0.15, 0.2) is 0 Å². The highest BCUT2D eigenvalue weighted by Gasteiger charge is 2.08. The monoisotopic (exact) mass is 404 g/mol. The Kier molecular flexibility index (Phi) is 7.35. The van der Waals surface area contributed by atoms with Gasteiger partial charge in [-0.15, -0.1) is 0 Å². The third kappa shape index (κ3) is 5.55. The summed E-state index contributed by atoms with van der Waals surface area (Å²) in [5.74, 6) is 1.12. The molecule has 0 bridgehead atoms. The van der Waals surface area contributed by atoms with Gasteiger partial charge in [0, 0.05) is 68.5 Å². The SMILES string of the molecule is CNc1ncc(-c2cnn(C)c2)cc1NCCCNCC(C)c1ccc(C#N)cn1. The van der Waals surface area contributed by atoms with Gasteiger partial charge >= 0.3 is 0 Å². The van der Waals surface area contributed by atoms with E-state index in [2.05, 4.69) is 50.1 Å². The topological polar surface area (TPSA) is 103 Å². The second kappa shape index (κ2) is 10.4. The van der Waals surface area contributed by atoms with E-state index in [4.69, 9.17) is 5.26 Å². The number of rotatable bonds is 10. The number of anilines is 2. The molecule has 8 heteroatoms. The highest BCUT2D eigenvalue weighted by atomic mass is 15.2. The van der Waals surface area contributed by atoms with E-state index >= 15 is 0 Å². The summed E-state index contributed by atoms with van der Waals surface area (Å²) in [5.41, 5.74) is 4.65. The van der Waals surface area contributed by atoms with Gasteiger partial charge in [-0.3, -0.25) is 9.67 Å². The predicted molar refractivity (Wildman–Crippen MR) is 119 cm³/mol. The van der Waals surface area contributed by atoms with E-state index in [0.717, 1.165) is 54.4 Å². The van der Waals surface area contributed by atoms with E-state index in [0.29, 0.717) is 11.5 Å². The zero-order chi connectivity index (χ0) is 21.3. The predicted octanol–water partition coefficient (Wildman–Crippen LogP) is 2.99. The Morgan fingerprint density at radius 2 is 2.00 bits per heavy atom. The van der Waals surface area contributed by atoms with Crippen molar-refractivity contribution in [3.63, 3.8) is 0 Å². The molecule has 0 fully saturated rings. The third-order valence-corrected chi connectivity index (χ3v) is 4.88.